The molecule has 0 radical (unpaired) electrons. The second-order valence-electron chi connectivity index (χ2n) is 21.1. The molecule has 0 aliphatic carbocycles. The summed E-state index contributed by atoms with van der Waals surface area (Å²) in [4.78, 5) is 13.2. The van der Waals surface area contributed by atoms with Crippen molar-refractivity contribution in [3.05, 3.63) is 134 Å². The number of hydrogen-bond acceptors (Lipinski definition) is 13. The van der Waals surface area contributed by atoms with Gasteiger partial charge in [-0.2, -0.15) is 0 Å². The van der Waals surface area contributed by atoms with Gasteiger partial charge in [-0.15, -0.1) is 0 Å². The van der Waals surface area contributed by atoms with Crippen LogP contribution in [0.2, 0.25) is 0 Å². The van der Waals surface area contributed by atoms with Gasteiger partial charge in [0.1, 0.15) is 48.8 Å². The lowest BCUT2D eigenvalue weighted by Gasteiger charge is -2.46. The third-order valence-corrected chi connectivity index (χ3v) is 14.1. The number of unbranched alkanes of at least 4 members (excludes halogenated alkanes) is 14. The van der Waals surface area contributed by atoms with Crippen LogP contribution < -0.4 is 5.32 Å². The summed E-state index contributed by atoms with van der Waals surface area (Å²) in [7, 11) is 0. The molecular formula is C67H109NO13. The minimum Gasteiger partial charge on any atom is -0.394 e. The number of amides is 1. The van der Waals surface area contributed by atoms with Crippen molar-refractivity contribution in [1.82, 2.24) is 5.32 Å². The molecule has 9 N–H and O–H groups in total. The predicted octanol–water partition coefficient (Wildman–Crippen LogP) is 11.2. The average molecular weight is 1140 g/mol. The first-order valence-electron chi connectivity index (χ1n) is 30.9. The summed E-state index contributed by atoms with van der Waals surface area (Å²) in [6, 6.07) is -0.948. The summed E-state index contributed by atoms with van der Waals surface area (Å²) < 4.78 is 22.7. The maximum Gasteiger partial charge on any atom is 0.220 e. The van der Waals surface area contributed by atoms with Crippen LogP contribution in [-0.2, 0) is 23.7 Å². The van der Waals surface area contributed by atoms with E-state index in [9.17, 15) is 45.6 Å². The quantitative estimate of drug-likeness (QED) is 0.0204. The zero-order chi connectivity index (χ0) is 58.8. The van der Waals surface area contributed by atoms with Gasteiger partial charge in [0.25, 0.3) is 0 Å². The molecule has 2 aliphatic heterocycles. The van der Waals surface area contributed by atoms with Crippen molar-refractivity contribution in [3.63, 3.8) is 0 Å². The van der Waals surface area contributed by atoms with E-state index in [1.807, 2.05) is 6.08 Å². The standard InChI is InChI=1S/C67H109NO13/c1-3-5-7-9-11-13-15-17-19-20-21-22-23-24-25-26-27-28-29-30-31-32-33-34-35-36-37-39-41-43-45-47-49-51-59(72)68-55(56(71)50-48-46-44-42-40-38-18-16-14-12-10-8-6-4-2)54-78-66-64(77)62(75)65(58(53-70)80-66)81-67-63(76)61(74)60(73)57(52-69)79-67/h5,7,11,13,17,19,21-22,24-25,27-28,30-31,33-34,36-37,41,43,48,50,55-58,60-67,69-71,73-77H,3-4,6,8-10,12,14-16,18,20,23,26,29,32,35,38-40,42,44-47,49,51-54H2,1-2H3,(H,68,72)/b7-5-,13-11-,19-17-,22-21-,25-24-,28-27-,31-30-,34-33-,37-36-,43-41-,50-48+. The van der Waals surface area contributed by atoms with Crippen LogP contribution in [0.5, 0.6) is 0 Å². The summed E-state index contributed by atoms with van der Waals surface area (Å²) in [5.74, 6) is -0.288. The average Bonchev–Trinajstić information content (AvgIpc) is 3.47. The lowest BCUT2D eigenvalue weighted by atomic mass is 9.97. The Morgan fingerprint density at radius 1 is 0.457 bits per heavy atom. The van der Waals surface area contributed by atoms with Gasteiger partial charge in [0, 0.05) is 6.42 Å². The van der Waals surface area contributed by atoms with Crippen LogP contribution in [-0.4, -0.2) is 140 Å². The van der Waals surface area contributed by atoms with Crippen LogP contribution in [0, 0.1) is 0 Å². The Morgan fingerprint density at radius 3 is 1.31 bits per heavy atom. The molecule has 0 saturated carbocycles. The maximum atomic E-state index is 13.2. The highest BCUT2D eigenvalue weighted by atomic mass is 16.7. The molecule has 12 unspecified atom stereocenters. The van der Waals surface area contributed by atoms with Gasteiger partial charge in [-0.1, -0.05) is 218 Å². The van der Waals surface area contributed by atoms with Crippen molar-refractivity contribution in [2.45, 2.75) is 261 Å². The normalized spacial score (nSPS) is 25.1. The molecule has 2 aliphatic rings. The molecule has 12 atom stereocenters. The number of carbonyl (C=O) groups is 1. The molecule has 0 bridgehead atoms. The molecule has 0 spiro atoms. The van der Waals surface area contributed by atoms with Gasteiger partial charge in [0.2, 0.25) is 5.91 Å². The summed E-state index contributed by atoms with van der Waals surface area (Å²) in [6.07, 6.45) is 57.8. The highest BCUT2D eigenvalue weighted by Gasteiger charge is 2.51. The lowest BCUT2D eigenvalue weighted by molar-refractivity contribution is -0.359. The van der Waals surface area contributed by atoms with Crippen LogP contribution in [0.25, 0.3) is 0 Å². The van der Waals surface area contributed by atoms with Gasteiger partial charge in [-0.3, -0.25) is 4.79 Å². The monoisotopic (exact) mass is 1140 g/mol. The maximum absolute atomic E-state index is 13.2. The van der Waals surface area contributed by atoms with E-state index in [0.29, 0.717) is 6.42 Å². The van der Waals surface area contributed by atoms with Crippen molar-refractivity contribution in [1.29, 1.82) is 0 Å². The van der Waals surface area contributed by atoms with Gasteiger partial charge in [0.15, 0.2) is 12.6 Å². The minimum atomic E-state index is -1.80. The third kappa shape index (κ3) is 35.8. The molecule has 14 nitrogen and oxygen atoms in total. The van der Waals surface area contributed by atoms with Crippen LogP contribution >= 0.6 is 0 Å². The van der Waals surface area contributed by atoms with E-state index in [0.717, 1.165) is 103 Å². The molecule has 2 heterocycles. The fraction of sp³-hybridized carbons (Fsp3) is 0.657. The highest BCUT2D eigenvalue weighted by Crippen LogP contribution is 2.30. The summed E-state index contributed by atoms with van der Waals surface area (Å²) in [5, 5.41) is 87.0. The van der Waals surface area contributed by atoms with E-state index in [4.69, 9.17) is 18.9 Å². The predicted molar refractivity (Wildman–Crippen MR) is 327 cm³/mol. The largest absolute Gasteiger partial charge is 0.394 e. The molecule has 0 aromatic heterocycles. The van der Waals surface area contributed by atoms with Crippen LogP contribution in [0.3, 0.4) is 0 Å². The van der Waals surface area contributed by atoms with Crippen LogP contribution in [0.15, 0.2) is 134 Å². The fourth-order valence-corrected chi connectivity index (χ4v) is 9.14. The molecule has 14 heteroatoms. The summed E-state index contributed by atoms with van der Waals surface area (Å²) in [5.41, 5.74) is 0. The van der Waals surface area contributed by atoms with Crippen LogP contribution in [0.1, 0.15) is 187 Å². The number of nitrogens with one attached hydrogen (secondary N) is 1. The Bertz CT molecular complexity index is 1870. The Kier molecular flexibility index (Phi) is 45.8. The fourth-order valence-electron chi connectivity index (χ4n) is 9.14. The number of ether oxygens (including phenoxy) is 4. The topological polar surface area (TPSA) is 228 Å². The second kappa shape index (κ2) is 50.6. The van der Waals surface area contributed by atoms with Crippen molar-refractivity contribution in [2.24, 2.45) is 0 Å². The zero-order valence-electron chi connectivity index (χ0n) is 49.5. The Hall–Kier alpha value is -3.87. The summed E-state index contributed by atoms with van der Waals surface area (Å²) in [6.45, 7) is 2.63. The molecule has 2 fully saturated rings. The van der Waals surface area contributed by atoms with Gasteiger partial charge < -0.3 is 65.1 Å². The van der Waals surface area contributed by atoms with E-state index >= 15 is 0 Å². The molecular weight excluding hydrogens is 1030 g/mol. The molecule has 0 aromatic carbocycles. The van der Waals surface area contributed by atoms with E-state index in [-0.39, 0.29) is 18.9 Å². The third-order valence-electron chi connectivity index (χ3n) is 14.1. The first-order chi connectivity index (χ1) is 39.6. The van der Waals surface area contributed by atoms with E-state index < -0.39 is 86.8 Å². The summed E-state index contributed by atoms with van der Waals surface area (Å²) >= 11 is 0. The number of carbonyl (C=O) groups excluding carboxylic acids is 1. The first kappa shape index (κ1) is 73.2. The van der Waals surface area contributed by atoms with Gasteiger partial charge in [-0.25, -0.2) is 0 Å². The van der Waals surface area contributed by atoms with Crippen LogP contribution in [0.4, 0.5) is 0 Å². The highest BCUT2D eigenvalue weighted by molar-refractivity contribution is 5.76. The molecule has 81 heavy (non-hydrogen) atoms. The Labute approximate surface area is 488 Å². The molecule has 0 aromatic rings. The molecule has 460 valence electrons. The molecule has 1 amide bonds. The van der Waals surface area contributed by atoms with Gasteiger partial charge in [-0.05, 0) is 96.3 Å². The number of allylic oxidation sites excluding steroid dienone is 21. The molecule has 2 rings (SSSR count). The minimum absolute atomic E-state index is 0.217. The Balaban J connectivity index is 1.74. The number of aliphatic hydroxyl groups excluding tert-OH is 8. The SMILES string of the molecule is CC/C=C\C/C=C\C/C=C\C/C=C\C/C=C\C/C=C\C/C=C\C/C=C\C/C=C\C/C=C\CCCCC(=O)NC(COC1OC(CO)C(OC2OC(CO)C(O)C(O)C2O)C(O)C1O)C(O)/C=C/CCCCCCCCCCCCCC. The van der Waals surface area contributed by atoms with Gasteiger partial charge >= 0.3 is 0 Å². The van der Waals surface area contributed by atoms with E-state index in [2.05, 4.69) is 141 Å². The smallest absolute Gasteiger partial charge is 0.220 e. The van der Waals surface area contributed by atoms with Crippen molar-refractivity contribution in [3.8, 4) is 0 Å². The second-order valence-corrected chi connectivity index (χ2v) is 21.1. The lowest BCUT2D eigenvalue weighted by Crippen LogP contribution is -2.65. The van der Waals surface area contributed by atoms with Crippen molar-refractivity contribution in [2.75, 3.05) is 19.8 Å². The van der Waals surface area contributed by atoms with Gasteiger partial charge in [0.05, 0.1) is 32.0 Å². The number of rotatable bonds is 47. The van der Waals surface area contributed by atoms with E-state index in [1.54, 1.807) is 6.08 Å². The van der Waals surface area contributed by atoms with Crippen molar-refractivity contribution < 1.29 is 64.6 Å². The van der Waals surface area contributed by atoms with Crippen molar-refractivity contribution >= 4 is 5.91 Å². The zero-order valence-corrected chi connectivity index (χ0v) is 49.5. The first-order valence-corrected chi connectivity index (χ1v) is 30.9. The number of aliphatic hydroxyl groups is 8. The molecule has 2 saturated heterocycles. The number of hydrogen-bond donors (Lipinski definition) is 9. The van der Waals surface area contributed by atoms with E-state index in [1.165, 1.54) is 57.8 Å². The Morgan fingerprint density at radius 2 is 0.852 bits per heavy atom.